The van der Waals surface area contributed by atoms with Crippen molar-refractivity contribution in [3.05, 3.63) is 23.8 Å². The van der Waals surface area contributed by atoms with Crippen LogP contribution in [0.2, 0.25) is 0 Å². The fourth-order valence-electron chi connectivity index (χ4n) is 2.33. The third-order valence-electron chi connectivity index (χ3n) is 3.51. The van der Waals surface area contributed by atoms with E-state index in [-0.39, 0.29) is 36.8 Å². The molecule has 0 aromatic heterocycles. The fraction of sp³-hybridized carbons (Fsp3) is 0.500. The molecular weight excluding hydrogens is 324 g/mol. The molecule has 1 amide bonds. The number of nitrogens with zero attached hydrogens (tertiary/aromatic N) is 1. The highest BCUT2D eigenvalue weighted by Crippen LogP contribution is 2.26. The van der Waals surface area contributed by atoms with Gasteiger partial charge in [-0.05, 0) is 12.1 Å². The molecule has 1 aromatic rings. The Bertz CT molecular complexity index is 676. The average molecular weight is 344 g/mol. The second-order valence-electron chi connectivity index (χ2n) is 5.18. The molecule has 1 atom stereocenters. The van der Waals surface area contributed by atoms with Crippen LogP contribution < -0.4 is 10.1 Å². The molecule has 9 heteroatoms. The van der Waals surface area contributed by atoms with Crippen molar-refractivity contribution in [3.8, 4) is 11.5 Å². The number of sulfonamides is 1. The number of hydrogen-bond acceptors (Lipinski definition) is 6. The van der Waals surface area contributed by atoms with Gasteiger partial charge < -0.3 is 19.9 Å². The van der Waals surface area contributed by atoms with E-state index in [1.807, 2.05) is 0 Å². The molecule has 23 heavy (non-hydrogen) atoms. The highest BCUT2D eigenvalue weighted by atomic mass is 32.2. The smallest absolute Gasteiger partial charge is 0.258 e. The molecule has 0 spiro atoms. The van der Waals surface area contributed by atoms with Gasteiger partial charge in [0.25, 0.3) is 5.91 Å². The molecule has 2 N–H and O–H groups in total. The van der Waals surface area contributed by atoms with E-state index in [1.54, 1.807) is 12.1 Å². The third-order valence-corrected chi connectivity index (χ3v) is 4.78. The number of morpholine rings is 1. The van der Waals surface area contributed by atoms with Gasteiger partial charge in [0.1, 0.15) is 17.1 Å². The summed E-state index contributed by atoms with van der Waals surface area (Å²) in [4.78, 5) is 12.2. The molecule has 1 aliphatic rings. The van der Waals surface area contributed by atoms with Crippen LogP contribution in [0.15, 0.2) is 18.2 Å². The first-order chi connectivity index (χ1) is 10.8. The van der Waals surface area contributed by atoms with Gasteiger partial charge in [0.15, 0.2) is 0 Å². The number of aromatic hydroxyl groups is 1. The average Bonchev–Trinajstić information content (AvgIpc) is 2.51. The van der Waals surface area contributed by atoms with Crippen LogP contribution >= 0.6 is 0 Å². The van der Waals surface area contributed by atoms with E-state index in [9.17, 15) is 18.3 Å². The van der Waals surface area contributed by atoms with Crippen LogP contribution in [0.25, 0.3) is 0 Å². The van der Waals surface area contributed by atoms with E-state index in [4.69, 9.17) is 9.47 Å². The summed E-state index contributed by atoms with van der Waals surface area (Å²) in [6, 6.07) is 4.52. The SMILES string of the molecule is COc1cccc(O)c1C(=O)NC[C@@H]1CN(S(C)(=O)=O)CCO1. The maximum atomic E-state index is 12.2. The first-order valence-electron chi connectivity index (χ1n) is 7.04. The fourth-order valence-corrected chi connectivity index (χ4v) is 3.17. The van der Waals surface area contributed by atoms with Crippen LogP contribution in [0.5, 0.6) is 11.5 Å². The largest absolute Gasteiger partial charge is 0.507 e. The Morgan fingerprint density at radius 3 is 2.91 bits per heavy atom. The zero-order chi connectivity index (χ0) is 17.0. The first kappa shape index (κ1) is 17.5. The Kier molecular flexibility index (Phi) is 5.45. The van der Waals surface area contributed by atoms with Gasteiger partial charge in [-0.1, -0.05) is 6.07 Å². The molecule has 1 aromatic carbocycles. The van der Waals surface area contributed by atoms with Crippen molar-refractivity contribution in [2.45, 2.75) is 6.10 Å². The standard InChI is InChI=1S/C14H20N2O6S/c1-21-12-5-3-4-11(17)13(12)14(18)15-8-10-9-16(6-7-22-10)23(2,19)20/h3-5,10,17H,6-9H2,1-2H3,(H,15,18)/t10-/m1/s1. The van der Waals surface area contributed by atoms with Gasteiger partial charge >= 0.3 is 0 Å². The van der Waals surface area contributed by atoms with Crippen molar-refractivity contribution in [3.63, 3.8) is 0 Å². The quantitative estimate of drug-likeness (QED) is 0.766. The number of carbonyl (C=O) groups excluding carboxylic acids is 1. The van der Waals surface area contributed by atoms with Gasteiger partial charge in [-0.25, -0.2) is 8.42 Å². The van der Waals surface area contributed by atoms with Gasteiger partial charge in [-0.2, -0.15) is 4.31 Å². The van der Waals surface area contributed by atoms with Crippen molar-refractivity contribution in [1.82, 2.24) is 9.62 Å². The van der Waals surface area contributed by atoms with E-state index in [0.717, 1.165) is 6.26 Å². The van der Waals surface area contributed by atoms with Crippen LogP contribution in [-0.2, 0) is 14.8 Å². The summed E-state index contributed by atoms with van der Waals surface area (Å²) in [5.74, 6) is -0.450. The van der Waals surface area contributed by atoms with Gasteiger partial charge in [0.2, 0.25) is 10.0 Å². The number of hydrogen-bond donors (Lipinski definition) is 2. The number of methoxy groups -OCH3 is 1. The van der Waals surface area contributed by atoms with E-state index in [1.165, 1.54) is 17.5 Å². The second kappa shape index (κ2) is 7.16. The van der Waals surface area contributed by atoms with Crippen LogP contribution in [0, 0.1) is 0 Å². The molecule has 0 unspecified atom stereocenters. The third kappa shape index (κ3) is 4.34. The minimum Gasteiger partial charge on any atom is -0.507 e. The number of phenolic OH excluding ortho intramolecular Hbond substituents is 1. The highest BCUT2D eigenvalue weighted by Gasteiger charge is 2.27. The molecule has 0 saturated carbocycles. The number of benzene rings is 1. The zero-order valence-corrected chi connectivity index (χ0v) is 13.8. The number of nitrogens with one attached hydrogen (secondary N) is 1. The summed E-state index contributed by atoms with van der Waals surface area (Å²) in [6.07, 6.45) is 0.695. The maximum absolute atomic E-state index is 12.2. The number of rotatable bonds is 5. The van der Waals surface area contributed by atoms with Crippen LogP contribution in [-0.4, -0.2) is 69.4 Å². The molecule has 1 heterocycles. The van der Waals surface area contributed by atoms with Crippen molar-refractivity contribution < 1.29 is 27.8 Å². The van der Waals surface area contributed by atoms with E-state index in [0.29, 0.717) is 6.54 Å². The summed E-state index contributed by atoms with van der Waals surface area (Å²) in [5.41, 5.74) is 0.0331. The summed E-state index contributed by atoms with van der Waals surface area (Å²) in [5, 5.41) is 12.4. The molecular formula is C14H20N2O6S. The number of ether oxygens (including phenoxy) is 2. The monoisotopic (exact) mass is 344 g/mol. The Morgan fingerprint density at radius 1 is 1.52 bits per heavy atom. The van der Waals surface area contributed by atoms with Gasteiger partial charge in [0.05, 0.1) is 26.1 Å². The van der Waals surface area contributed by atoms with Gasteiger partial charge in [0, 0.05) is 19.6 Å². The minimum atomic E-state index is -3.29. The molecule has 0 bridgehead atoms. The van der Waals surface area contributed by atoms with Crippen molar-refractivity contribution in [1.29, 1.82) is 0 Å². The molecule has 8 nitrogen and oxygen atoms in total. The molecule has 1 fully saturated rings. The Labute approximate surface area is 135 Å². The Hall–Kier alpha value is -1.84. The molecule has 128 valence electrons. The Balaban J connectivity index is 2.00. The lowest BCUT2D eigenvalue weighted by Gasteiger charge is -2.31. The van der Waals surface area contributed by atoms with Crippen LogP contribution in [0.1, 0.15) is 10.4 Å². The lowest BCUT2D eigenvalue weighted by molar-refractivity contribution is 0.000411. The van der Waals surface area contributed by atoms with Crippen molar-refractivity contribution >= 4 is 15.9 Å². The maximum Gasteiger partial charge on any atom is 0.258 e. The van der Waals surface area contributed by atoms with E-state index < -0.39 is 22.0 Å². The molecule has 0 aliphatic carbocycles. The highest BCUT2D eigenvalue weighted by molar-refractivity contribution is 7.88. The molecule has 1 aliphatic heterocycles. The van der Waals surface area contributed by atoms with Gasteiger partial charge in [-0.3, -0.25) is 4.79 Å². The lowest BCUT2D eigenvalue weighted by atomic mass is 10.1. The summed E-state index contributed by atoms with van der Waals surface area (Å²) >= 11 is 0. The van der Waals surface area contributed by atoms with Crippen LogP contribution in [0.4, 0.5) is 0 Å². The summed E-state index contributed by atoms with van der Waals surface area (Å²) in [6.45, 7) is 0.878. The minimum absolute atomic E-state index is 0.0331. The second-order valence-corrected chi connectivity index (χ2v) is 7.16. The van der Waals surface area contributed by atoms with Gasteiger partial charge in [-0.15, -0.1) is 0 Å². The van der Waals surface area contributed by atoms with Crippen molar-refractivity contribution in [2.75, 3.05) is 39.6 Å². The van der Waals surface area contributed by atoms with E-state index in [2.05, 4.69) is 5.32 Å². The predicted octanol–water partition coefficient (Wildman–Crippen LogP) is -0.209. The number of phenols is 1. The zero-order valence-electron chi connectivity index (χ0n) is 13.0. The predicted molar refractivity (Wildman–Crippen MR) is 83.1 cm³/mol. The topological polar surface area (TPSA) is 105 Å². The normalized spacial score (nSPS) is 19.3. The van der Waals surface area contributed by atoms with Crippen LogP contribution in [0.3, 0.4) is 0 Å². The molecule has 2 rings (SSSR count). The number of carbonyl (C=O) groups is 1. The summed E-state index contributed by atoms with van der Waals surface area (Å²) < 4.78 is 34.9. The first-order valence-corrected chi connectivity index (χ1v) is 8.88. The van der Waals surface area contributed by atoms with Crippen molar-refractivity contribution in [2.24, 2.45) is 0 Å². The number of amides is 1. The molecule has 1 saturated heterocycles. The van der Waals surface area contributed by atoms with E-state index >= 15 is 0 Å². The summed E-state index contributed by atoms with van der Waals surface area (Å²) in [7, 11) is -1.88. The Morgan fingerprint density at radius 2 is 2.26 bits per heavy atom. The lowest BCUT2D eigenvalue weighted by Crippen LogP contribution is -2.49. The molecule has 0 radical (unpaired) electrons.